The van der Waals surface area contributed by atoms with Gasteiger partial charge in [-0.15, -0.1) is 0 Å². The largest absolute Gasteiger partial charge is 0.228 e. The van der Waals surface area contributed by atoms with Crippen LogP contribution in [0, 0.1) is 0 Å². The average molecular weight is 921 g/mol. The van der Waals surface area contributed by atoms with Crippen molar-refractivity contribution in [1.82, 2.24) is 19.9 Å². The summed E-state index contributed by atoms with van der Waals surface area (Å²) in [4.78, 5) is 20.8. The van der Waals surface area contributed by atoms with Gasteiger partial charge in [0.25, 0.3) is 0 Å². The number of benzene rings is 9. The van der Waals surface area contributed by atoms with E-state index >= 15 is 0 Å². The van der Waals surface area contributed by atoms with E-state index < -0.39 is 0 Å². The number of hydrogen-bond acceptors (Lipinski definition) is 4. The third-order valence-electron chi connectivity index (χ3n) is 13.5. The van der Waals surface area contributed by atoms with Gasteiger partial charge in [0.1, 0.15) is 0 Å². The highest BCUT2D eigenvalue weighted by Crippen LogP contribution is 2.41. The van der Waals surface area contributed by atoms with Crippen molar-refractivity contribution in [2.45, 2.75) is 12.8 Å². The molecule has 0 saturated heterocycles. The van der Waals surface area contributed by atoms with Gasteiger partial charge in [-0.1, -0.05) is 255 Å². The molecule has 2 heterocycles. The van der Waals surface area contributed by atoms with Gasteiger partial charge in [-0.3, -0.25) is 0 Å². The summed E-state index contributed by atoms with van der Waals surface area (Å²) in [6, 6.07) is 89.6. The second kappa shape index (κ2) is 19.9. The molecule has 12 rings (SSSR count). The number of nitrogens with zero attached hydrogens (tertiary/aromatic N) is 4. The van der Waals surface area contributed by atoms with Gasteiger partial charge in [-0.05, 0) is 86.2 Å². The SMILES string of the molecule is C1=CC(c2ccccc2)=C(c2cc(-c3ccc(-c4ccccc4-c4ccccc4-c4ccc(-c5cc(-c6ccccc6-c6ccccc6)nc(-c6ccccc6)n5)cc4)cc3)nc(-c3ccccc3)n2)CC1. The Morgan fingerprint density at radius 2 is 0.583 bits per heavy atom. The molecule has 0 bridgehead atoms. The molecule has 0 amide bonds. The quantitative estimate of drug-likeness (QED) is 0.130. The van der Waals surface area contributed by atoms with Gasteiger partial charge in [0.15, 0.2) is 11.6 Å². The first-order chi connectivity index (χ1) is 35.7. The molecule has 1 aliphatic rings. The molecule has 0 saturated carbocycles. The maximum absolute atomic E-state index is 5.23. The highest BCUT2D eigenvalue weighted by Gasteiger charge is 2.19. The fourth-order valence-electron chi connectivity index (χ4n) is 9.89. The molecule has 4 nitrogen and oxygen atoms in total. The lowest BCUT2D eigenvalue weighted by molar-refractivity contribution is 1.03. The van der Waals surface area contributed by atoms with Crippen LogP contribution in [0.2, 0.25) is 0 Å². The van der Waals surface area contributed by atoms with E-state index in [0.717, 1.165) is 114 Å². The molecule has 4 heteroatoms. The Morgan fingerprint density at radius 3 is 1.07 bits per heavy atom. The van der Waals surface area contributed by atoms with Crippen LogP contribution in [0.3, 0.4) is 0 Å². The third-order valence-corrected chi connectivity index (χ3v) is 13.5. The topological polar surface area (TPSA) is 51.6 Å². The fourth-order valence-corrected chi connectivity index (χ4v) is 9.89. The molecule has 0 aliphatic heterocycles. The average Bonchev–Trinajstić information content (AvgIpc) is 3.48. The smallest absolute Gasteiger partial charge is 0.160 e. The number of allylic oxidation sites excluding steroid dienone is 4. The van der Waals surface area contributed by atoms with Crippen LogP contribution < -0.4 is 0 Å². The van der Waals surface area contributed by atoms with Gasteiger partial charge in [-0.2, -0.15) is 0 Å². The number of rotatable bonds is 11. The maximum atomic E-state index is 5.23. The summed E-state index contributed by atoms with van der Waals surface area (Å²) >= 11 is 0. The van der Waals surface area contributed by atoms with Crippen molar-refractivity contribution in [3.8, 4) is 101 Å². The summed E-state index contributed by atoms with van der Waals surface area (Å²) in [6.45, 7) is 0. The molecule has 0 spiro atoms. The van der Waals surface area contributed by atoms with E-state index in [0.29, 0.717) is 5.82 Å². The molecule has 1 aliphatic carbocycles. The Labute approximate surface area is 421 Å². The molecule has 72 heavy (non-hydrogen) atoms. The molecule has 0 fully saturated rings. The van der Waals surface area contributed by atoms with Gasteiger partial charge in [0, 0.05) is 27.8 Å². The number of aromatic nitrogens is 4. The van der Waals surface area contributed by atoms with Crippen molar-refractivity contribution in [3.63, 3.8) is 0 Å². The standard InChI is InChI=1S/C68H48N4/c1-5-21-47(22-6-1)57-31-15-19-35-61(57)65-45-63(69-67(71-65)53-25-9-3-10-26-53)51-41-37-49(38-42-51)55-29-13-17-33-59(55)60-34-18-14-30-56(60)50-39-43-52(44-40-50)64-46-66(72-68(70-64)54-27-11-4-12-28-54)62-36-20-16-32-58(62)48-23-7-2-8-24-48/h1-19,21-35,37-46H,20,36H2. The van der Waals surface area contributed by atoms with Gasteiger partial charge >= 0.3 is 0 Å². The Balaban J connectivity index is 0.886. The highest BCUT2D eigenvalue weighted by molar-refractivity contribution is 5.97. The van der Waals surface area contributed by atoms with E-state index in [4.69, 9.17) is 19.9 Å². The Hall–Kier alpha value is -9.38. The monoisotopic (exact) mass is 920 g/mol. The summed E-state index contributed by atoms with van der Waals surface area (Å²) in [7, 11) is 0. The van der Waals surface area contributed by atoms with Crippen molar-refractivity contribution in [2.75, 3.05) is 0 Å². The van der Waals surface area contributed by atoms with Crippen LogP contribution in [-0.2, 0) is 0 Å². The normalized spacial score (nSPS) is 12.2. The third kappa shape index (κ3) is 9.01. The van der Waals surface area contributed by atoms with Crippen LogP contribution in [-0.4, -0.2) is 19.9 Å². The zero-order chi connectivity index (χ0) is 48.1. The molecule has 0 N–H and O–H groups in total. The van der Waals surface area contributed by atoms with Crippen molar-refractivity contribution in [2.24, 2.45) is 0 Å². The fraction of sp³-hybridized carbons (Fsp3) is 0.0294. The Bertz CT molecular complexity index is 3750. The maximum Gasteiger partial charge on any atom is 0.160 e. The molecule has 2 aromatic heterocycles. The molecule has 0 radical (unpaired) electrons. The summed E-state index contributed by atoms with van der Waals surface area (Å²) in [5.74, 6) is 1.41. The first-order valence-electron chi connectivity index (χ1n) is 24.6. The van der Waals surface area contributed by atoms with Crippen LogP contribution in [0.1, 0.15) is 24.1 Å². The zero-order valence-corrected chi connectivity index (χ0v) is 39.6. The molecule has 0 unspecified atom stereocenters. The minimum absolute atomic E-state index is 0.691. The molecule has 9 aromatic carbocycles. The highest BCUT2D eigenvalue weighted by atomic mass is 14.9. The van der Waals surface area contributed by atoms with E-state index in [-0.39, 0.29) is 0 Å². The molecular formula is C68H48N4. The summed E-state index contributed by atoms with van der Waals surface area (Å²) < 4.78 is 0. The second-order valence-corrected chi connectivity index (χ2v) is 18.0. The zero-order valence-electron chi connectivity index (χ0n) is 39.6. The van der Waals surface area contributed by atoms with Crippen LogP contribution in [0.5, 0.6) is 0 Å². The minimum Gasteiger partial charge on any atom is -0.228 e. The van der Waals surface area contributed by atoms with Crippen LogP contribution >= 0.6 is 0 Å². The molecular weight excluding hydrogens is 873 g/mol. The lowest BCUT2D eigenvalue weighted by Gasteiger charge is -2.18. The number of hydrogen-bond donors (Lipinski definition) is 0. The minimum atomic E-state index is 0.691. The summed E-state index contributed by atoms with van der Waals surface area (Å²) in [5, 5.41) is 0. The summed E-state index contributed by atoms with van der Waals surface area (Å²) in [6.07, 6.45) is 6.40. The molecule has 0 atom stereocenters. The first kappa shape index (κ1) is 43.9. The van der Waals surface area contributed by atoms with Crippen molar-refractivity contribution in [1.29, 1.82) is 0 Å². The lowest BCUT2D eigenvalue weighted by atomic mass is 9.88. The van der Waals surface area contributed by atoms with Crippen molar-refractivity contribution < 1.29 is 0 Å². The van der Waals surface area contributed by atoms with Crippen LogP contribution in [0.25, 0.3) is 112 Å². The Kier molecular flexibility index (Phi) is 12.1. The predicted octanol–water partition coefficient (Wildman–Crippen LogP) is 17.5. The van der Waals surface area contributed by atoms with Gasteiger partial charge in [-0.25, -0.2) is 19.9 Å². The predicted molar refractivity (Wildman–Crippen MR) is 298 cm³/mol. The van der Waals surface area contributed by atoms with Gasteiger partial charge < -0.3 is 0 Å². The molecule has 11 aromatic rings. The van der Waals surface area contributed by atoms with Gasteiger partial charge in [0.05, 0.1) is 22.8 Å². The summed E-state index contributed by atoms with van der Waals surface area (Å²) in [5.41, 5.74) is 21.5. The molecule has 340 valence electrons. The second-order valence-electron chi connectivity index (χ2n) is 18.0. The Morgan fingerprint density at radius 1 is 0.250 bits per heavy atom. The first-order valence-corrected chi connectivity index (χ1v) is 24.6. The van der Waals surface area contributed by atoms with E-state index in [2.05, 4.69) is 231 Å². The van der Waals surface area contributed by atoms with Crippen LogP contribution in [0.4, 0.5) is 0 Å². The van der Waals surface area contributed by atoms with Crippen molar-refractivity contribution in [3.05, 3.63) is 278 Å². The van der Waals surface area contributed by atoms with Gasteiger partial charge in [0.2, 0.25) is 0 Å². The van der Waals surface area contributed by atoms with E-state index in [9.17, 15) is 0 Å². The lowest BCUT2D eigenvalue weighted by Crippen LogP contribution is -2.02. The van der Waals surface area contributed by atoms with E-state index in [1.54, 1.807) is 0 Å². The van der Waals surface area contributed by atoms with Crippen molar-refractivity contribution >= 4 is 11.1 Å². The van der Waals surface area contributed by atoms with E-state index in [1.165, 1.54) is 16.7 Å². The van der Waals surface area contributed by atoms with Crippen LogP contribution in [0.15, 0.2) is 267 Å². The van der Waals surface area contributed by atoms with E-state index in [1.807, 2.05) is 36.4 Å².